The van der Waals surface area contributed by atoms with Crippen LogP contribution in [0.1, 0.15) is 35.8 Å². The highest BCUT2D eigenvalue weighted by atomic mass is 32.1. The predicted octanol–water partition coefficient (Wildman–Crippen LogP) is 3.34. The first-order chi connectivity index (χ1) is 10.6. The summed E-state index contributed by atoms with van der Waals surface area (Å²) in [4.78, 5) is 18.3. The van der Waals surface area contributed by atoms with Gasteiger partial charge in [0.2, 0.25) is 0 Å². The Morgan fingerprint density at radius 2 is 2.32 bits per heavy atom. The smallest absolute Gasteiger partial charge is 0.307 e. The molecular weight excluding hydrogens is 296 g/mol. The molecule has 4 nitrogen and oxygen atoms in total. The van der Waals surface area contributed by atoms with E-state index < -0.39 is 5.97 Å². The molecule has 3 heterocycles. The number of pyridine rings is 1. The zero-order valence-electron chi connectivity index (χ0n) is 12.6. The number of aromatic nitrogens is 1. The van der Waals surface area contributed by atoms with Crippen molar-refractivity contribution in [3.63, 3.8) is 0 Å². The van der Waals surface area contributed by atoms with E-state index in [0.29, 0.717) is 6.54 Å². The Morgan fingerprint density at radius 1 is 1.45 bits per heavy atom. The van der Waals surface area contributed by atoms with E-state index in [-0.39, 0.29) is 12.0 Å². The van der Waals surface area contributed by atoms with Gasteiger partial charge in [0.15, 0.2) is 0 Å². The molecule has 2 atom stereocenters. The number of carboxylic acids is 1. The number of carbonyl (C=O) groups is 1. The normalized spacial score (nSPS) is 20.7. The Hall–Kier alpha value is -1.72. The van der Waals surface area contributed by atoms with Gasteiger partial charge in [-0.3, -0.25) is 14.7 Å². The third kappa shape index (κ3) is 3.20. The lowest BCUT2D eigenvalue weighted by atomic mass is 9.94. The Balaban J connectivity index is 1.94. The third-order valence-electron chi connectivity index (χ3n) is 4.22. The second-order valence-corrected chi connectivity index (χ2v) is 6.62. The number of thiophene rings is 1. The quantitative estimate of drug-likeness (QED) is 0.940. The molecule has 1 N–H and O–H groups in total. The maximum atomic E-state index is 11.4. The molecule has 0 saturated carbocycles. The first-order valence-electron chi connectivity index (χ1n) is 7.57. The Morgan fingerprint density at radius 3 is 3.00 bits per heavy atom. The molecule has 0 radical (unpaired) electrons. The van der Waals surface area contributed by atoms with Crippen LogP contribution < -0.4 is 0 Å². The summed E-state index contributed by atoms with van der Waals surface area (Å²) in [6, 6.07) is 8.22. The third-order valence-corrected chi connectivity index (χ3v) is 4.92. The Kier molecular flexibility index (Phi) is 4.55. The molecule has 116 valence electrons. The molecule has 0 amide bonds. The average molecular weight is 316 g/mol. The van der Waals surface area contributed by atoms with E-state index in [2.05, 4.69) is 21.7 Å². The number of aryl methyl sites for hydroxylation is 1. The van der Waals surface area contributed by atoms with E-state index in [9.17, 15) is 9.90 Å². The minimum Gasteiger partial charge on any atom is -0.481 e. The van der Waals surface area contributed by atoms with Gasteiger partial charge in [0, 0.05) is 12.2 Å². The van der Waals surface area contributed by atoms with E-state index in [4.69, 9.17) is 4.98 Å². The summed E-state index contributed by atoms with van der Waals surface area (Å²) < 4.78 is 0. The maximum absolute atomic E-state index is 11.4. The standard InChI is InChI=1S/C17H20N2O2S/c1-12-4-2-6-15(18-12)16(14-7-9-22-11-14)19-8-3-5-13(10-19)17(20)21/h2,4,6-7,9,11,13,16H,3,5,8,10H2,1H3,(H,20,21). The number of aliphatic carboxylic acids is 1. The number of carboxylic acid groups (broad SMARTS) is 1. The van der Waals surface area contributed by atoms with Crippen molar-refractivity contribution >= 4 is 17.3 Å². The lowest BCUT2D eigenvalue weighted by Crippen LogP contribution is -2.41. The van der Waals surface area contributed by atoms with Crippen molar-refractivity contribution in [2.75, 3.05) is 13.1 Å². The summed E-state index contributed by atoms with van der Waals surface area (Å²) in [5.41, 5.74) is 3.20. The van der Waals surface area contributed by atoms with Gasteiger partial charge in [-0.15, -0.1) is 0 Å². The van der Waals surface area contributed by atoms with Gasteiger partial charge >= 0.3 is 5.97 Å². The molecule has 2 aromatic heterocycles. The van der Waals surface area contributed by atoms with Crippen molar-refractivity contribution in [2.45, 2.75) is 25.8 Å². The Labute approximate surface area is 134 Å². The number of nitrogens with zero attached hydrogens (tertiary/aromatic N) is 2. The monoisotopic (exact) mass is 316 g/mol. The summed E-state index contributed by atoms with van der Waals surface area (Å²) in [5.74, 6) is -0.967. The number of rotatable bonds is 4. The fourth-order valence-corrected chi connectivity index (χ4v) is 3.84. The molecular formula is C17H20N2O2S. The molecule has 0 bridgehead atoms. The van der Waals surface area contributed by atoms with Gasteiger partial charge in [-0.2, -0.15) is 11.3 Å². The first kappa shape index (κ1) is 15.2. The van der Waals surface area contributed by atoms with Crippen LogP contribution in [-0.2, 0) is 4.79 Å². The number of likely N-dealkylation sites (tertiary alicyclic amines) is 1. The highest BCUT2D eigenvalue weighted by Gasteiger charge is 2.32. The zero-order valence-corrected chi connectivity index (χ0v) is 13.4. The van der Waals surface area contributed by atoms with Crippen LogP contribution in [0.2, 0.25) is 0 Å². The molecule has 0 spiro atoms. The second kappa shape index (κ2) is 6.58. The molecule has 1 aliphatic heterocycles. The summed E-state index contributed by atoms with van der Waals surface area (Å²) in [5, 5.41) is 13.5. The van der Waals surface area contributed by atoms with Crippen LogP contribution in [0.5, 0.6) is 0 Å². The Bertz CT molecular complexity index is 642. The summed E-state index contributed by atoms with van der Waals surface area (Å²) in [7, 11) is 0. The van der Waals surface area contributed by atoms with Crippen LogP contribution in [0.25, 0.3) is 0 Å². The van der Waals surface area contributed by atoms with E-state index in [1.807, 2.05) is 25.1 Å². The predicted molar refractivity (Wildman–Crippen MR) is 87.1 cm³/mol. The first-order valence-corrected chi connectivity index (χ1v) is 8.52. The minimum absolute atomic E-state index is 0.0494. The highest BCUT2D eigenvalue weighted by molar-refractivity contribution is 7.08. The largest absolute Gasteiger partial charge is 0.481 e. The summed E-state index contributed by atoms with van der Waals surface area (Å²) >= 11 is 1.67. The summed E-state index contributed by atoms with van der Waals surface area (Å²) in [6.07, 6.45) is 1.69. The average Bonchev–Trinajstić information content (AvgIpc) is 3.02. The molecule has 1 fully saturated rings. The van der Waals surface area contributed by atoms with Crippen LogP contribution in [0.3, 0.4) is 0 Å². The van der Waals surface area contributed by atoms with Crippen LogP contribution in [0.4, 0.5) is 0 Å². The summed E-state index contributed by atoms with van der Waals surface area (Å²) in [6.45, 7) is 3.50. The molecule has 0 aliphatic carbocycles. The van der Waals surface area contributed by atoms with Gasteiger partial charge in [-0.25, -0.2) is 0 Å². The maximum Gasteiger partial charge on any atom is 0.307 e. The molecule has 1 aliphatic rings. The van der Waals surface area contributed by atoms with Gasteiger partial charge in [0.05, 0.1) is 17.7 Å². The van der Waals surface area contributed by atoms with Crippen molar-refractivity contribution in [3.8, 4) is 0 Å². The SMILES string of the molecule is Cc1cccc(C(c2ccsc2)N2CCCC(C(=O)O)C2)n1. The van der Waals surface area contributed by atoms with Crippen LogP contribution in [0.15, 0.2) is 35.0 Å². The molecule has 5 heteroatoms. The minimum atomic E-state index is -0.689. The second-order valence-electron chi connectivity index (χ2n) is 5.84. The zero-order chi connectivity index (χ0) is 15.5. The molecule has 3 rings (SSSR count). The van der Waals surface area contributed by atoms with Crippen molar-refractivity contribution in [1.29, 1.82) is 0 Å². The highest BCUT2D eigenvalue weighted by Crippen LogP contribution is 2.32. The topological polar surface area (TPSA) is 53.4 Å². The molecule has 2 aromatic rings. The van der Waals surface area contributed by atoms with Gasteiger partial charge in [0.25, 0.3) is 0 Å². The lowest BCUT2D eigenvalue weighted by molar-refractivity contribution is -0.143. The number of piperidine rings is 1. The van der Waals surface area contributed by atoms with E-state index in [0.717, 1.165) is 30.8 Å². The van der Waals surface area contributed by atoms with E-state index in [1.54, 1.807) is 11.3 Å². The fraction of sp³-hybridized carbons (Fsp3) is 0.412. The van der Waals surface area contributed by atoms with Crippen LogP contribution in [0, 0.1) is 12.8 Å². The molecule has 1 saturated heterocycles. The lowest BCUT2D eigenvalue weighted by Gasteiger charge is -2.36. The van der Waals surface area contributed by atoms with Crippen molar-refractivity contribution < 1.29 is 9.90 Å². The number of hydrogen-bond donors (Lipinski definition) is 1. The van der Waals surface area contributed by atoms with Gasteiger partial charge in [0.1, 0.15) is 0 Å². The van der Waals surface area contributed by atoms with Crippen LogP contribution >= 0.6 is 11.3 Å². The van der Waals surface area contributed by atoms with Gasteiger partial charge in [-0.05, 0) is 60.8 Å². The molecule has 0 aromatic carbocycles. The van der Waals surface area contributed by atoms with Crippen molar-refractivity contribution in [2.24, 2.45) is 5.92 Å². The molecule has 2 unspecified atom stereocenters. The molecule has 22 heavy (non-hydrogen) atoms. The van der Waals surface area contributed by atoms with Crippen LogP contribution in [-0.4, -0.2) is 34.0 Å². The van der Waals surface area contributed by atoms with Crippen molar-refractivity contribution in [3.05, 3.63) is 52.0 Å². The van der Waals surface area contributed by atoms with Crippen molar-refractivity contribution in [1.82, 2.24) is 9.88 Å². The van der Waals surface area contributed by atoms with E-state index >= 15 is 0 Å². The number of hydrogen-bond acceptors (Lipinski definition) is 4. The van der Waals surface area contributed by atoms with Gasteiger partial charge < -0.3 is 5.11 Å². The van der Waals surface area contributed by atoms with Gasteiger partial charge in [-0.1, -0.05) is 6.07 Å². The van der Waals surface area contributed by atoms with E-state index in [1.165, 1.54) is 5.56 Å². The fourth-order valence-electron chi connectivity index (χ4n) is 3.16.